The Hall–Kier alpha value is -1.81. The standard InChI is InChI=1S/C14H15ClN2O2/c1-9(2)12-13(19-8-17-12)14(18)16-7-10-5-3-4-6-11(10)15/h3-6,8-9H,7H2,1-2H3,(H,16,18). The molecule has 4 nitrogen and oxygen atoms in total. The van der Waals surface area contributed by atoms with Gasteiger partial charge in [-0.25, -0.2) is 4.98 Å². The normalized spacial score (nSPS) is 10.7. The molecule has 1 N–H and O–H groups in total. The summed E-state index contributed by atoms with van der Waals surface area (Å²) >= 11 is 6.03. The summed E-state index contributed by atoms with van der Waals surface area (Å²) in [7, 11) is 0. The molecular formula is C14H15ClN2O2. The summed E-state index contributed by atoms with van der Waals surface area (Å²) < 4.78 is 5.15. The largest absolute Gasteiger partial charge is 0.438 e. The molecule has 0 atom stereocenters. The van der Waals surface area contributed by atoms with E-state index in [9.17, 15) is 4.79 Å². The summed E-state index contributed by atoms with van der Waals surface area (Å²) in [6.07, 6.45) is 1.29. The Labute approximate surface area is 116 Å². The Bertz CT molecular complexity index is 578. The van der Waals surface area contributed by atoms with Crippen molar-refractivity contribution in [1.29, 1.82) is 0 Å². The fourth-order valence-electron chi connectivity index (χ4n) is 1.73. The van der Waals surface area contributed by atoms with Gasteiger partial charge in [0.2, 0.25) is 5.76 Å². The number of aromatic nitrogens is 1. The fraction of sp³-hybridized carbons (Fsp3) is 0.286. The first-order valence-electron chi connectivity index (χ1n) is 6.04. The zero-order chi connectivity index (χ0) is 13.8. The van der Waals surface area contributed by atoms with Crippen LogP contribution in [0.1, 0.15) is 41.6 Å². The first-order chi connectivity index (χ1) is 9.09. The van der Waals surface area contributed by atoms with Crippen molar-refractivity contribution in [1.82, 2.24) is 10.3 Å². The number of rotatable bonds is 4. The summed E-state index contributed by atoms with van der Waals surface area (Å²) in [4.78, 5) is 16.1. The molecule has 19 heavy (non-hydrogen) atoms. The van der Waals surface area contributed by atoms with Crippen molar-refractivity contribution in [2.45, 2.75) is 26.3 Å². The number of halogens is 1. The van der Waals surface area contributed by atoms with Crippen molar-refractivity contribution in [3.63, 3.8) is 0 Å². The van der Waals surface area contributed by atoms with Crippen molar-refractivity contribution >= 4 is 17.5 Å². The molecule has 1 aromatic carbocycles. The molecule has 5 heteroatoms. The number of carbonyl (C=O) groups is 1. The van der Waals surface area contributed by atoms with Crippen molar-refractivity contribution in [3.8, 4) is 0 Å². The molecule has 1 amide bonds. The third-order valence-corrected chi connectivity index (χ3v) is 3.11. The van der Waals surface area contributed by atoms with Crippen LogP contribution in [0.4, 0.5) is 0 Å². The molecule has 0 aliphatic heterocycles. The fourth-order valence-corrected chi connectivity index (χ4v) is 1.94. The highest BCUT2D eigenvalue weighted by Gasteiger charge is 2.19. The van der Waals surface area contributed by atoms with E-state index >= 15 is 0 Å². The van der Waals surface area contributed by atoms with Gasteiger partial charge in [0.1, 0.15) is 0 Å². The molecule has 100 valence electrons. The lowest BCUT2D eigenvalue weighted by atomic mass is 10.1. The lowest BCUT2D eigenvalue weighted by molar-refractivity contribution is 0.0921. The van der Waals surface area contributed by atoms with Crippen LogP contribution in [0.15, 0.2) is 35.1 Å². The molecule has 0 unspecified atom stereocenters. The van der Waals surface area contributed by atoms with E-state index in [-0.39, 0.29) is 17.6 Å². The highest BCUT2D eigenvalue weighted by molar-refractivity contribution is 6.31. The highest BCUT2D eigenvalue weighted by Crippen LogP contribution is 2.18. The lowest BCUT2D eigenvalue weighted by Crippen LogP contribution is -2.23. The van der Waals surface area contributed by atoms with Crippen LogP contribution < -0.4 is 5.32 Å². The maximum Gasteiger partial charge on any atom is 0.289 e. The molecule has 0 aliphatic rings. The first-order valence-corrected chi connectivity index (χ1v) is 6.42. The van der Waals surface area contributed by atoms with Crippen LogP contribution in [0.5, 0.6) is 0 Å². The van der Waals surface area contributed by atoms with Gasteiger partial charge in [-0.2, -0.15) is 0 Å². The average molecular weight is 279 g/mol. The van der Waals surface area contributed by atoms with Gasteiger partial charge in [-0.1, -0.05) is 43.6 Å². The van der Waals surface area contributed by atoms with Crippen LogP contribution >= 0.6 is 11.6 Å². The first kappa shape index (κ1) is 13.6. The number of hydrogen-bond acceptors (Lipinski definition) is 3. The van der Waals surface area contributed by atoms with Gasteiger partial charge in [0.05, 0.1) is 5.69 Å². The second kappa shape index (κ2) is 5.89. The van der Waals surface area contributed by atoms with Crippen LogP contribution in [0.3, 0.4) is 0 Å². The zero-order valence-electron chi connectivity index (χ0n) is 10.8. The monoisotopic (exact) mass is 278 g/mol. The maximum absolute atomic E-state index is 12.0. The minimum absolute atomic E-state index is 0.139. The SMILES string of the molecule is CC(C)c1ncoc1C(=O)NCc1ccccc1Cl. The second-order valence-electron chi connectivity index (χ2n) is 4.50. The van der Waals surface area contributed by atoms with Crippen molar-refractivity contribution in [2.24, 2.45) is 0 Å². The van der Waals surface area contributed by atoms with Crippen molar-refractivity contribution < 1.29 is 9.21 Å². The summed E-state index contributed by atoms with van der Waals surface area (Å²) in [5.41, 5.74) is 1.53. The molecule has 1 aromatic heterocycles. The van der Waals surface area contributed by atoms with Crippen LogP contribution in [0, 0.1) is 0 Å². The molecule has 0 saturated heterocycles. The Kier molecular flexibility index (Phi) is 4.22. The summed E-state index contributed by atoms with van der Waals surface area (Å²) in [6.45, 7) is 4.28. The Morgan fingerprint density at radius 2 is 2.16 bits per heavy atom. The van der Waals surface area contributed by atoms with Gasteiger partial charge in [0.25, 0.3) is 5.91 Å². The third kappa shape index (κ3) is 3.15. The predicted molar refractivity (Wildman–Crippen MR) is 73.2 cm³/mol. The number of nitrogens with zero attached hydrogens (tertiary/aromatic N) is 1. The van der Waals surface area contributed by atoms with Crippen LogP contribution in [-0.4, -0.2) is 10.9 Å². The summed E-state index contributed by atoms with van der Waals surface area (Å²) in [5, 5.41) is 3.41. The van der Waals surface area contributed by atoms with E-state index in [0.717, 1.165) is 5.56 Å². The molecule has 2 aromatic rings. The van der Waals surface area contributed by atoms with E-state index in [0.29, 0.717) is 17.3 Å². The molecule has 0 bridgehead atoms. The number of nitrogens with one attached hydrogen (secondary N) is 1. The van der Waals surface area contributed by atoms with Crippen LogP contribution in [0.25, 0.3) is 0 Å². The molecule has 1 heterocycles. The number of hydrogen-bond donors (Lipinski definition) is 1. The molecule has 2 rings (SSSR count). The molecule has 0 saturated carbocycles. The van der Waals surface area contributed by atoms with Gasteiger partial charge >= 0.3 is 0 Å². The highest BCUT2D eigenvalue weighted by atomic mass is 35.5. The third-order valence-electron chi connectivity index (χ3n) is 2.75. The smallest absolute Gasteiger partial charge is 0.289 e. The minimum atomic E-state index is -0.277. The van der Waals surface area contributed by atoms with E-state index < -0.39 is 0 Å². The Morgan fingerprint density at radius 1 is 1.42 bits per heavy atom. The topological polar surface area (TPSA) is 55.1 Å². The van der Waals surface area contributed by atoms with Crippen molar-refractivity contribution in [3.05, 3.63) is 52.7 Å². The molecular weight excluding hydrogens is 264 g/mol. The second-order valence-corrected chi connectivity index (χ2v) is 4.90. The minimum Gasteiger partial charge on any atom is -0.438 e. The van der Waals surface area contributed by atoms with E-state index in [2.05, 4.69) is 10.3 Å². The molecule has 0 aliphatic carbocycles. The van der Waals surface area contributed by atoms with E-state index in [1.807, 2.05) is 32.0 Å². The molecule has 0 fully saturated rings. The van der Waals surface area contributed by atoms with E-state index in [4.69, 9.17) is 16.0 Å². The van der Waals surface area contributed by atoms with Crippen LogP contribution in [-0.2, 0) is 6.54 Å². The predicted octanol–water partition coefficient (Wildman–Crippen LogP) is 3.38. The van der Waals surface area contributed by atoms with Crippen LogP contribution in [0.2, 0.25) is 5.02 Å². The van der Waals surface area contributed by atoms with E-state index in [1.54, 1.807) is 6.07 Å². The Morgan fingerprint density at radius 3 is 2.84 bits per heavy atom. The average Bonchev–Trinajstić information content (AvgIpc) is 2.87. The number of oxazole rings is 1. The number of benzene rings is 1. The lowest BCUT2D eigenvalue weighted by Gasteiger charge is -2.07. The maximum atomic E-state index is 12.0. The van der Waals surface area contributed by atoms with Gasteiger partial charge in [0, 0.05) is 11.6 Å². The number of amides is 1. The van der Waals surface area contributed by atoms with Gasteiger partial charge < -0.3 is 9.73 Å². The molecule has 0 spiro atoms. The summed E-state index contributed by atoms with van der Waals surface area (Å²) in [5.74, 6) is 0.128. The van der Waals surface area contributed by atoms with Gasteiger partial charge in [-0.15, -0.1) is 0 Å². The quantitative estimate of drug-likeness (QED) is 0.933. The zero-order valence-corrected chi connectivity index (χ0v) is 11.6. The van der Waals surface area contributed by atoms with E-state index in [1.165, 1.54) is 6.39 Å². The van der Waals surface area contributed by atoms with Gasteiger partial charge in [-0.05, 0) is 17.5 Å². The summed E-state index contributed by atoms with van der Waals surface area (Å²) in [6, 6.07) is 7.38. The Balaban J connectivity index is 2.06. The van der Waals surface area contributed by atoms with Gasteiger partial charge in [0.15, 0.2) is 6.39 Å². The number of carbonyl (C=O) groups excluding carboxylic acids is 1. The van der Waals surface area contributed by atoms with Crippen molar-refractivity contribution in [2.75, 3.05) is 0 Å². The molecule has 0 radical (unpaired) electrons. The van der Waals surface area contributed by atoms with Gasteiger partial charge in [-0.3, -0.25) is 4.79 Å².